The highest BCUT2D eigenvalue weighted by atomic mass is 35.5. The van der Waals surface area contributed by atoms with Gasteiger partial charge in [-0.15, -0.1) is 0 Å². The van der Waals surface area contributed by atoms with E-state index in [1.807, 2.05) is 0 Å². The molecule has 0 fully saturated rings. The lowest BCUT2D eigenvalue weighted by Crippen LogP contribution is -2.05. The molecule has 0 radical (unpaired) electrons. The molecule has 0 saturated carbocycles. The summed E-state index contributed by atoms with van der Waals surface area (Å²) in [6.07, 6.45) is -0.637. The van der Waals surface area contributed by atoms with E-state index in [-0.39, 0.29) is 13.2 Å². The number of hydrogen-bond donors (Lipinski definition) is 2. The molecule has 1 rings (SSSR count). The average Bonchev–Trinajstić information content (AvgIpc) is 2.15. The second-order valence-electron chi connectivity index (χ2n) is 2.93. The molecule has 0 amide bonds. The first-order valence-corrected chi connectivity index (χ1v) is 4.74. The molecule has 3 nitrogen and oxygen atoms in total. The van der Waals surface area contributed by atoms with Crippen LogP contribution in [0.2, 0.25) is 5.02 Å². The highest BCUT2D eigenvalue weighted by molar-refractivity contribution is 6.30. The van der Waals surface area contributed by atoms with Crippen LogP contribution in [0.25, 0.3) is 0 Å². The zero-order valence-corrected chi connectivity index (χ0v) is 8.66. The maximum Gasteiger partial charge on any atom is 0.125 e. The summed E-state index contributed by atoms with van der Waals surface area (Å²) >= 11 is 5.78. The van der Waals surface area contributed by atoms with Crippen molar-refractivity contribution < 1.29 is 14.9 Å². The van der Waals surface area contributed by atoms with E-state index in [0.29, 0.717) is 16.3 Å². The Morgan fingerprint density at radius 1 is 1.50 bits per heavy atom. The monoisotopic (exact) mass is 216 g/mol. The number of aliphatic hydroxyl groups excluding tert-OH is 2. The van der Waals surface area contributed by atoms with Crippen molar-refractivity contribution in [2.45, 2.75) is 13.0 Å². The third-order valence-electron chi connectivity index (χ3n) is 1.77. The van der Waals surface area contributed by atoms with Crippen LogP contribution in [0.3, 0.4) is 0 Å². The third kappa shape index (κ3) is 2.87. The van der Waals surface area contributed by atoms with Gasteiger partial charge in [0.25, 0.3) is 0 Å². The zero-order chi connectivity index (χ0) is 10.6. The van der Waals surface area contributed by atoms with E-state index in [9.17, 15) is 5.11 Å². The predicted octanol–water partition coefficient (Wildman–Crippen LogP) is 1.76. The van der Waals surface area contributed by atoms with E-state index in [1.54, 1.807) is 25.1 Å². The lowest BCUT2D eigenvalue weighted by Gasteiger charge is -2.12. The third-order valence-corrected chi connectivity index (χ3v) is 2.01. The van der Waals surface area contributed by atoms with E-state index in [2.05, 4.69) is 0 Å². The number of ether oxygens (including phenoxy) is 1. The van der Waals surface area contributed by atoms with Crippen molar-refractivity contribution in [2.75, 3.05) is 13.2 Å². The summed E-state index contributed by atoms with van der Waals surface area (Å²) in [7, 11) is 0. The van der Waals surface area contributed by atoms with Crippen LogP contribution in [-0.4, -0.2) is 23.4 Å². The van der Waals surface area contributed by atoms with Gasteiger partial charge in [0.1, 0.15) is 12.4 Å². The first kappa shape index (κ1) is 11.3. The van der Waals surface area contributed by atoms with Gasteiger partial charge in [-0.1, -0.05) is 11.6 Å². The van der Waals surface area contributed by atoms with Gasteiger partial charge in [0.05, 0.1) is 12.7 Å². The number of hydrogen-bond acceptors (Lipinski definition) is 3. The molecule has 4 heteroatoms. The summed E-state index contributed by atoms with van der Waals surface area (Å²) in [5, 5.41) is 18.6. The fraction of sp³-hybridized carbons (Fsp3) is 0.400. The van der Waals surface area contributed by atoms with Crippen molar-refractivity contribution in [3.63, 3.8) is 0 Å². The highest BCUT2D eigenvalue weighted by Gasteiger charge is 2.09. The van der Waals surface area contributed by atoms with E-state index in [0.717, 1.165) is 0 Å². The van der Waals surface area contributed by atoms with Crippen molar-refractivity contribution in [3.05, 3.63) is 28.8 Å². The Hall–Kier alpha value is -0.770. The molecule has 78 valence electrons. The summed E-state index contributed by atoms with van der Waals surface area (Å²) in [5.41, 5.74) is 0.631. The van der Waals surface area contributed by atoms with Crippen molar-refractivity contribution in [2.24, 2.45) is 0 Å². The van der Waals surface area contributed by atoms with Crippen LogP contribution in [-0.2, 0) is 0 Å². The molecule has 0 aliphatic carbocycles. The average molecular weight is 217 g/mol. The number of halogens is 1. The Balaban J connectivity index is 2.90. The lowest BCUT2D eigenvalue weighted by atomic mass is 10.1. The topological polar surface area (TPSA) is 49.7 Å². The summed E-state index contributed by atoms with van der Waals surface area (Å²) in [6, 6.07) is 5.01. The minimum Gasteiger partial charge on any atom is -0.491 e. The zero-order valence-electron chi connectivity index (χ0n) is 7.90. The van der Waals surface area contributed by atoms with Crippen LogP contribution in [0.5, 0.6) is 5.75 Å². The summed E-state index contributed by atoms with van der Waals surface area (Å²) in [6.45, 7) is 1.79. The largest absolute Gasteiger partial charge is 0.491 e. The summed E-state index contributed by atoms with van der Waals surface area (Å²) in [4.78, 5) is 0. The molecule has 2 N–H and O–H groups in total. The second-order valence-corrected chi connectivity index (χ2v) is 3.37. The molecule has 0 aliphatic heterocycles. The molecule has 0 aromatic heterocycles. The smallest absolute Gasteiger partial charge is 0.125 e. The Morgan fingerprint density at radius 2 is 2.21 bits per heavy atom. The van der Waals surface area contributed by atoms with Crippen molar-refractivity contribution >= 4 is 11.6 Å². The Morgan fingerprint density at radius 3 is 2.79 bits per heavy atom. The predicted molar refractivity (Wildman–Crippen MR) is 54.7 cm³/mol. The van der Waals surface area contributed by atoms with Gasteiger partial charge in [0.15, 0.2) is 0 Å². The van der Waals surface area contributed by atoms with Crippen LogP contribution in [0.1, 0.15) is 18.6 Å². The van der Waals surface area contributed by atoms with Gasteiger partial charge >= 0.3 is 0 Å². The molecule has 1 aromatic rings. The highest BCUT2D eigenvalue weighted by Crippen LogP contribution is 2.28. The Bertz CT molecular complexity index is 299. The molecule has 0 saturated heterocycles. The van der Waals surface area contributed by atoms with Gasteiger partial charge in [0.2, 0.25) is 0 Å². The summed E-state index contributed by atoms with van der Waals surface area (Å²) in [5.74, 6) is 0.554. The first-order chi connectivity index (χ1) is 6.65. The minimum absolute atomic E-state index is 0.0537. The number of aliphatic hydroxyl groups is 2. The van der Waals surface area contributed by atoms with Crippen molar-refractivity contribution in [1.29, 1.82) is 0 Å². The Labute approximate surface area is 87.9 Å². The molecule has 14 heavy (non-hydrogen) atoms. The maximum absolute atomic E-state index is 9.43. The van der Waals surface area contributed by atoms with E-state index < -0.39 is 6.10 Å². The fourth-order valence-corrected chi connectivity index (χ4v) is 1.31. The first-order valence-electron chi connectivity index (χ1n) is 4.36. The van der Waals surface area contributed by atoms with E-state index in [4.69, 9.17) is 21.4 Å². The van der Waals surface area contributed by atoms with E-state index >= 15 is 0 Å². The van der Waals surface area contributed by atoms with Crippen LogP contribution >= 0.6 is 11.6 Å². The number of rotatable bonds is 4. The molecule has 0 heterocycles. The van der Waals surface area contributed by atoms with Gasteiger partial charge in [-0.2, -0.15) is 0 Å². The van der Waals surface area contributed by atoms with E-state index in [1.165, 1.54) is 0 Å². The molecule has 0 bridgehead atoms. The SMILES string of the molecule is CC(O)c1cc(Cl)ccc1OCCO. The van der Waals surface area contributed by atoms with Crippen LogP contribution in [0.4, 0.5) is 0 Å². The Kier molecular flexibility index (Phi) is 4.20. The quantitative estimate of drug-likeness (QED) is 0.807. The van der Waals surface area contributed by atoms with Gasteiger partial charge in [0, 0.05) is 10.6 Å². The molecule has 1 aromatic carbocycles. The maximum atomic E-state index is 9.43. The second kappa shape index (κ2) is 5.20. The standard InChI is InChI=1S/C10H13ClO3/c1-7(13)9-6-8(11)2-3-10(9)14-5-4-12/h2-3,6-7,12-13H,4-5H2,1H3. The molecule has 0 spiro atoms. The van der Waals surface area contributed by atoms with Gasteiger partial charge in [-0.25, -0.2) is 0 Å². The van der Waals surface area contributed by atoms with Crippen molar-refractivity contribution in [1.82, 2.24) is 0 Å². The molecule has 1 atom stereocenters. The fourth-order valence-electron chi connectivity index (χ4n) is 1.13. The molecular weight excluding hydrogens is 204 g/mol. The van der Waals surface area contributed by atoms with Gasteiger partial charge in [-0.3, -0.25) is 0 Å². The lowest BCUT2D eigenvalue weighted by molar-refractivity contribution is 0.177. The summed E-state index contributed by atoms with van der Waals surface area (Å²) < 4.78 is 5.23. The van der Waals surface area contributed by atoms with Gasteiger partial charge in [-0.05, 0) is 25.1 Å². The normalized spacial score (nSPS) is 12.6. The van der Waals surface area contributed by atoms with Gasteiger partial charge < -0.3 is 14.9 Å². The molecule has 1 unspecified atom stereocenters. The van der Waals surface area contributed by atoms with Crippen molar-refractivity contribution in [3.8, 4) is 5.75 Å². The van der Waals surface area contributed by atoms with Crippen LogP contribution in [0.15, 0.2) is 18.2 Å². The number of benzene rings is 1. The minimum atomic E-state index is -0.637. The van der Waals surface area contributed by atoms with Crippen LogP contribution in [0, 0.1) is 0 Å². The molecule has 0 aliphatic rings. The molecular formula is C10H13ClO3. The van der Waals surface area contributed by atoms with Crippen LogP contribution < -0.4 is 4.74 Å².